The zero-order valence-electron chi connectivity index (χ0n) is 8.43. The van der Waals surface area contributed by atoms with Gasteiger partial charge >= 0.3 is 0 Å². The zero-order valence-corrected chi connectivity index (χ0v) is 8.43. The van der Waals surface area contributed by atoms with Gasteiger partial charge in [-0.3, -0.25) is 20.0 Å². The minimum Gasteiger partial charge on any atom is -0.289 e. The molecule has 0 aliphatic carbocycles. The lowest BCUT2D eigenvalue weighted by molar-refractivity contribution is -0.129. The van der Waals surface area contributed by atoms with Gasteiger partial charge in [0.25, 0.3) is 0 Å². The molecule has 16 heavy (non-hydrogen) atoms. The Balaban J connectivity index is 2.60. The van der Waals surface area contributed by atoms with Gasteiger partial charge in [0.1, 0.15) is 0 Å². The van der Waals surface area contributed by atoms with Gasteiger partial charge in [-0.1, -0.05) is 24.3 Å². The predicted molar refractivity (Wildman–Crippen MR) is 53.7 cm³/mol. The number of hydroxylamine groups is 2. The van der Waals surface area contributed by atoms with E-state index in [1.165, 1.54) is 11.0 Å². The van der Waals surface area contributed by atoms with Crippen molar-refractivity contribution in [2.75, 3.05) is 0 Å². The Bertz CT molecular complexity index is 338. The summed E-state index contributed by atoms with van der Waals surface area (Å²) in [6.45, 7) is 0. The fraction of sp³-hybridized carbons (Fsp3) is 0.200. The molecule has 0 aromatic heterocycles. The highest BCUT2D eigenvalue weighted by atomic mass is 16.5. The summed E-state index contributed by atoms with van der Waals surface area (Å²) in [4.78, 5) is 21.7. The van der Waals surface area contributed by atoms with Crippen LogP contribution in [0.3, 0.4) is 0 Å². The molecule has 0 saturated carbocycles. The van der Waals surface area contributed by atoms with E-state index < -0.39 is 11.8 Å². The Labute approximate surface area is 91.8 Å². The SMILES string of the molecule is O=C(Cc1ccc(CC(=O)NO)cc1)NO. The molecule has 4 N–H and O–H groups in total. The van der Waals surface area contributed by atoms with Crippen LogP contribution in [0.1, 0.15) is 11.1 Å². The maximum atomic E-state index is 10.8. The van der Waals surface area contributed by atoms with Crippen LogP contribution in [0.4, 0.5) is 0 Å². The van der Waals surface area contributed by atoms with Crippen LogP contribution in [0.25, 0.3) is 0 Å². The van der Waals surface area contributed by atoms with Crippen molar-refractivity contribution < 1.29 is 20.0 Å². The van der Waals surface area contributed by atoms with Crippen LogP contribution in [0.5, 0.6) is 0 Å². The molecule has 2 amide bonds. The van der Waals surface area contributed by atoms with Crippen molar-refractivity contribution >= 4 is 11.8 Å². The molecule has 0 aliphatic heterocycles. The number of hydrogen-bond acceptors (Lipinski definition) is 4. The van der Waals surface area contributed by atoms with Crippen LogP contribution in [0.2, 0.25) is 0 Å². The van der Waals surface area contributed by atoms with E-state index in [1.807, 2.05) is 0 Å². The molecule has 86 valence electrons. The second-order valence-electron chi connectivity index (χ2n) is 3.24. The number of hydrogen-bond donors (Lipinski definition) is 4. The highest BCUT2D eigenvalue weighted by molar-refractivity contribution is 5.78. The van der Waals surface area contributed by atoms with Crippen molar-refractivity contribution in [3.05, 3.63) is 35.4 Å². The Morgan fingerprint density at radius 2 is 1.19 bits per heavy atom. The first-order valence-electron chi connectivity index (χ1n) is 4.59. The minimum absolute atomic E-state index is 0.0724. The topological polar surface area (TPSA) is 98.7 Å². The molecule has 1 aromatic rings. The predicted octanol–water partition coefficient (Wildman–Crippen LogP) is -0.218. The molecule has 0 atom stereocenters. The minimum atomic E-state index is -0.499. The van der Waals surface area contributed by atoms with Crippen LogP contribution in [-0.2, 0) is 22.4 Å². The van der Waals surface area contributed by atoms with Gasteiger partial charge in [0, 0.05) is 0 Å². The molecular formula is C10H12N2O4. The van der Waals surface area contributed by atoms with E-state index in [0.717, 1.165) is 11.1 Å². The highest BCUT2D eigenvalue weighted by Gasteiger charge is 2.04. The summed E-state index contributed by atoms with van der Waals surface area (Å²) in [5, 5.41) is 16.6. The third-order valence-corrected chi connectivity index (χ3v) is 2.00. The largest absolute Gasteiger partial charge is 0.289 e. The molecule has 6 heteroatoms. The number of carbonyl (C=O) groups is 2. The van der Waals surface area contributed by atoms with Crippen molar-refractivity contribution in [2.45, 2.75) is 12.8 Å². The van der Waals surface area contributed by atoms with E-state index >= 15 is 0 Å². The number of carbonyl (C=O) groups excluding carboxylic acids is 2. The van der Waals surface area contributed by atoms with E-state index in [-0.39, 0.29) is 12.8 Å². The van der Waals surface area contributed by atoms with E-state index in [2.05, 4.69) is 0 Å². The van der Waals surface area contributed by atoms with E-state index in [1.54, 1.807) is 24.3 Å². The maximum absolute atomic E-state index is 10.8. The van der Waals surface area contributed by atoms with E-state index in [9.17, 15) is 9.59 Å². The van der Waals surface area contributed by atoms with Gasteiger partial charge in [0.2, 0.25) is 11.8 Å². The summed E-state index contributed by atoms with van der Waals surface area (Å²) < 4.78 is 0. The molecule has 0 unspecified atom stereocenters. The first-order valence-corrected chi connectivity index (χ1v) is 4.59. The fourth-order valence-electron chi connectivity index (χ4n) is 1.22. The van der Waals surface area contributed by atoms with Crippen molar-refractivity contribution in [1.82, 2.24) is 11.0 Å². The smallest absolute Gasteiger partial charge is 0.247 e. The fourth-order valence-corrected chi connectivity index (χ4v) is 1.22. The Morgan fingerprint density at radius 1 is 0.875 bits per heavy atom. The van der Waals surface area contributed by atoms with Crippen LogP contribution in [-0.4, -0.2) is 22.2 Å². The monoisotopic (exact) mass is 224 g/mol. The second-order valence-corrected chi connectivity index (χ2v) is 3.24. The number of benzene rings is 1. The summed E-state index contributed by atoms with van der Waals surface area (Å²) >= 11 is 0. The second kappa shape index (κ2) is 5.84. The molecule has 1 aromatic carbocycles. The van der Waals surface area contributed by atoms with Gasteiger partial charge in [-0.15, -0.1) is 0 Å². The highest BCUT2D eigenvalue weighted by Crippen LogP contribution is 2.05. The summed E-state index contributed by atoms with van der Waals surface area (Å²) in [5.74, 6) is -0.998. The lowest BCUT2D eigenvalue weighted by atomic mass is 10.1. The summed E-state index contributed by atoms with van der Waals surface area (Å²) in [6.07, 6.45) is 0.145. The maximum Gasteiger partial charge on any atom is 0.247 e. The molecule has 6 nitrogen and oxygen atoms in total. The van der Waals surface area contributed by atoms with Crippen molar-refractivity contribution in [1.29, 1.82) is 0 Å². The average Bonchev–Trinajstić information content (AvgIpc) is 2.31. The quantitative estimate of drug-likeness (QED) is 0.420. The molecule has 1 rings (SSSR count). The van der Waals surface area contributed by atoms with E-state index in [0.29, 0.717) is 0 Å². The lowest BCUT2D eigenvalue weighted by Crippen LogP contribution is -2.21. The third kappa shape index (κ3) is 3.68. The molecule has 0 radical (unpaired) electrons. The van der Waals surface area contributed by atoms with Gasteiger partial charge < -0.3 is 0 Å². The third-order valence-electron chi connectivity index (χ3n) is 2.00. The summed E-state index contributed by atoms with van der Waals surface area (Å²) in [7, 11) is 0. The van der Waals surface area contributed by atoms with Crippen LogP contribution >= 0.6 is 0 Å². The van der Waals surface area contributed by atoms with Crippen molar-refractivity contribution in [2.24, 2.45) is 0 Å². The molecular weight excluding hydrogens is 212 g/mol. The van der Waals surface area contributed by atoms with Crippen LogP contribution < -0.4 is 11.0 Å². The summed E-state index contributed by atoms with van der Waals surface area (Å²) in [6, 6.07) is 6.70. The molecule has 0 saturated heterocycles. The molecule has 0 bridgehead atoms. The molecule has 0 spiro atoms. The number of amides is 2. The van der Waals surface area contributed by atoms with Crippen LogP contribution in [0, 0.1) is 0 Å². The zero-order chi connectivity index (χ0) is 12.0. The first-order chi connectivity index (χ1) is 7.65. The number of rotatable bonds is 4. The van der Waals surface area contributed by atoms with Gasteiger partial charge in [0.05, 0.1) is 12.8 Å². The first kappa shape index (κ1) is 12.2. The van der Waals surface area contributed by atoms with Gasteiger partial charge in [0.15, 0.2) is 0 Å². The standard InChI is InChI=1S/C10H12N2O4/c13-9(11-15)5-7-1-2-8(4-3-7)6-10(14)12-16/h1-4,15-16H,5-6H2,(H,11,13)(H,12,14). The van der Waals surface area contributed by atoms with Gasteiger partial charge in [-0.05, 0) is 11.1 Å². The van der Waals surface area contributed by atoms with Crippen molar-refractivity contribution in [3.8, 4) is 0 Å². The molecule has 0 heterocycles. The number of nitrogens with one attached hydrogen (secondary N) is 2. The van der Waals surface area contributed by atoms with Crippen LogP contribution in [0.15, 0.2) is 24.3 Å². The van der Waals surface area contributed by atoms with Crippen molar-refractivity contribution in [3.63, 3.8) is 0 Å². The molecule has 0 fully saturated rings. The Kier molecular flexibility index (Phi) is 4.43. The van der Waals surface area contributed by atoms with Gasteiger partial charge in [-0.25, -0.2) is 11.0 Å². The summed E-state index contributed by atoms with van der Waals surface area (Å²) in [5.41, 5.74) is 4.51. The van der Waals surface area contributed by atoms with Gasteiger partial charge in [-0.2, -0.15) is 0 Å². The normalized spacial score (nSPS) is 9.62. The Hall–Kier alpha value is -1.92. The molecule has 0 aliphatic rings. The van der Waals surface area contributed by atoms with E-state index in [4.69, 9.17) is 10.4 Å². The lowest BCUT2D eigenvalue weighted by Gasteiger charge is -2.02. The Morgan fingerprint density at radius 3 is 1.44 bits per heavy atom. The average molecular weight is 224 g/mol.